The SMILES string of the molecule is CNCCNc1ncc(-c2coc3ccccc23)cn1. The van der Waals surface area contributed by atoms with E-state index in [4.69, 9.17) is 4.42 Å². The number of hydrogen-bond donors (Lipinski definition) is 2. The number of benzene rings is 1. The van der Waals surface area contributed by atoms with Crippen molar-refractivity contribution in [3.05, 3.63) is 42.9 Å². The molecular formula is C15H16N4O. The highest BCUT2D eigenvalue weighted by atomic mass is 16.3. The Morgan fingerprint density at radius 2 is 1.90 bits per heavy atom. The van der Waals surface area contributed by atoms with Gasteiger partial charge in [0, 0.05) is 42.0 Å². The van der Waals surface area contributed by atoms with Crippen LogP contribution in [0, 0.1) is 0 Å². The Kier molecular flexibility index (Phi) is 3.60. The molecule has 20 heavy (non-hydrogen) atoms. The molecule has 0 aliphatic carbocycles. The van der Waals surface area contributed by atoms with Crippen LogP contribution in [0.25, 0.3) is 22.1 Å². The number of furan rings is 1. The van der Waals surface area contributed by atoms with Crippen LogP contribution in [0.2, 0.25) is 0 Å². The van der Waals surface area contributed by atoms with Gasteiger partial charge in [-0.05, 0) is 13.1 Å². The standard InChI is InChI=1S/C15H16N4O/c1-16-6-7-17-15-18-8-11(9-19-15)13-10-20-14-5-3-2-4-12(13)14/h2-5,8-10,16H,6-7H2,1H3,(H,17,18,19). The molecule has 102 valence electrons. The second kappa shape index (κ2) is 5.71. The summed E-state index contributed by atoms with van der Waals surface area (Å²) >= 11 is 0. The molecule has 5 nitrogen and oxygen atoms in total. The average molecular weight is 268 g/mol. The van der Waals surface area contributed by atoms with Gasteiger partial charge in [-0.15, -0.1) is 0 Å². The van der Waals surface area contributed by atoms with Crippen molar-refractivity contribution in [1.82, 2.24) is 15.3 Å². The molecule has 0 radical (unpaired) electrons. The highest BCUT2D eigenvalue weighted by molar-refractivity contribution is 5.93. The van der Waals surface area contributed by atoms with Crippen molar-refractivity contribution >= 4 is 16.9 Å². The van der Waals surface area contributed by atoms with E-state index >= 15 is 0 Å². The maximum atomic E-state index is 5.53. The zero-order chi connectivity index (χ0) is 13.8. The molecule has 0 fully saturated rings. The number of rotatable bonds is 5. The van der Waals surface area contributed by atoms with E-state index in [2.05, 4.69) is 20.6 Å². The second-order valence-corrected chi connectivity index (χ2v) is 4.47. The van der Waals surface area contributed by atoms with Crippen molar-refractivity contribution in [2.24, 2.45) is 0 Å². The molecule has 0 atom stereocenters. The quantitative estimate of drug-likeness (QED) is 0.696. The molecule has 0 unspecified atom stereocenters. The van der Waals surface area contributed by atoms with Gasteiger partial charge >= 0.3 is 0 Å². The fraction of sp³-hybridized carbons (Fsp3) is 0.200. The largest absolute Gasteiger partial charge is 0.464 e. The number of anilines is 1. The number of likely N-dealkylation sites (N-methyl/N-ethyl adjacent to an activating group) is 1. The molecule has 3 rings (SSSR count). The lowest BCUT2D eigenvalue weighted by atomic mass is 10.1. The van der Waals surface area contributed by atoms with Crippen LogP contribution in [-0.4, -0.2) is 30.1 Å². The zero-order valence-corrected chi connectivity index (χ0v) is 11.3. The second-order valence-electron chi connectivity index (χ2n) is 4.47. The van der Waals surface area contributed by atoms with Gasteiger partial charge in [0.1, 0.15) is 5.58 Å². The van der Waals surface area contributed by atoms with Crippen molar-refractivity contribution in [3.63, 3.8) is 0 Å². The van der Waals surface area contributed by atoms with Crippen molar-refractivity contribution < 1.29 is 4.42 Å². The molecule has 0 aliphatic heterocycles. The number of hydrogen-bond acceptors (Lipinski definition) is 5. The summed E-state index contributed by atoms with van der Waals surface area (Å²) < 4.78 is 5.53. The first kappa shape index (κ1) is 12.6. The molecule has 2 heterocycles. The molecule has 1 aromatic carbocycles. The van der Waals surface area contributed by atoms with Gasteiger partial charge in [-0.3, -0.25) is 0 Å². The lowest BCUT2D eigenvalue weighted by molar-refractivity contribution is 0.617. The third-order valence-corrected chi connectivity index (χ3v) is 3.10. The van der Waals surface area contributed by atoms with Crippen molar-refractivity contribution in [2.45, 2.75) is 0 Å². The van der Waals surface area contributed by atoms with Crippen LogP contribution in [0.15, 0.2) is 47.3 Å². The molecule has 0 bridgehead atoms. The van der Waals surface area contributed by atoms with Gasteiger partial charge in [0.15, 0.2) is 0 Å². The van der Waals surface area contributed by atoms with Crippen LogP contribution in [0.3, 0.4) is 0 Å². The Morgan fingerprint density at radius 1 is 1.10 bits per heavy atom. The Labute approximate surface area is 117 Å². The van der Waals surface area contributed by atoms with E-state index in [9.17, 15) is 0 Å². The number of aromatic nitrogens is 2. The third kappa shape index (κ3) is 2.48. The van der Waals surface area contributed by atoms with Gasteiger partial charge in [0.05, 0.1) is 6.26 Å². The number of fused-ring (bicyclic) bond motifs is 1. The lowest BCUT2D eigenvalue weighted by Crippen LogP contribution is -2.18. The van der Waals surface area contributed by atoms with Gasteiger partial charge in [0.25, 0.3) is 0 Å². The van der Waals surface area contributed by atoms with Gasteiger partial charge in [0.2, 0.25) is 5.95 Å². The summed E-state index contributed by atoms with van der Waals surface area (Å²) in [4.78, 5) is 8.64. The molecule has 3 aromatic rings. The molecule has 2 aromatic heterocycles. The summed E-state index contributed by atoms with van der Waals surface area (Å²) in [5.74, 6) is 0.636. The number of nitrogens with one attached hydrogen (secondary N) is 2. The third-order valence-electron chi connectivity index (χ3n) is 3.10. The van der Waals surface area contributed by atoms with Gasteiger partial charge in [-0.25, -0.2) is 9.97 Å². The predicted octanol–water partition coefficient (Wildman–Crippen LogP) is 2.52. The van der Waals surface area contributed by atoms with E-state index in [1.807, 2.05) is 43.7 Å². The number of para-hydroxylation sites is 1. The molecule has 0 amide bonds. The van der Waals surface area contributed by atoms with Crippen molar-refractivity contribution in [2.75, 3.05) is 25.5 Å². The molecule has 0 spiro atoms. The van der Waals surface area contributed by atoms with E-state index in [0.717, 1.165) is 35.2 Å². The summed E-state index contributed by atoms with van der Waals surface area (Å²) in [7, 11) is 1.91. The normalized spacial score (nSPS) is 10.8. The number of nitrogens with zero attached hydrogens (tertiary/aromatic N) is 2. The lowest BCUT2D eigenvalue weighted by Gasteiger charge is -2.04. The topological polar surface area (TPSA) is 63.0 Å². The van der Waals surface area contributed by atoms with E-state index < -0.39 is 0 Å². The van der Waals surface area contributed by atoms with Crippen LogP contribution in [0.4, 0.5) is 5.95 Å². The first-order chi connectivity index (χ1) is 9.88. The van der Waals surface area contributed by atoms with E-state index in [0.29, 0.717) is 5.95 Å². The molecule has 0 aliphatic rings. The maximum absolute atomic E-state index is 5.53. The van der Waals surface area contributed by atoms with Crippen LogP contribution in [-0.2, 0) is 0 Å². The summed E-state index contributed by atoms with van der Waals surface area (Å²) in [6, 6.07) is 7.94. The van der Waals surface area contributed by atoms with E-state index in [-0.39, 0.29) is 0 Å². The summed E-state index contributed by atoms with van der Waals surface area (Å²) in [6.07, 6.45) is 5.37. The minimum Gasteiger partial charge on any atom is -0.464 e. The van der Waals surface area contributed by atoms with Crippen LogP contribution >= 0.6 is 0 Å². The van der Waals surface area contributed by atoms with Crippen LogP contribution < -0.4 is 10.6 Å². The molecule has 2 N–H and O–H groups in total. The average Bonchev–Trinajstić information content (AvgIpc) is 2.92. The van der Waals surface area contributed by atoms with Crippen LogP contribution in [0.5, 0.6) is 0 Å². The van der Waals surface area contributed by atoms with Crippen molar-refractivity contribution in [1.29, 1.82) is 0 Å². The monoisotopic (exact) mass is 268 g/mol. The minimum absolute atomic E-state index is 0.636. The fourth-order valence-corrected chi connectivity index (χ4v) is 2.06. The Morgan fingerprint density at radius 3 is 2.70 bits per heavy atom. The van der Waals surface area contributed by atoms with Gasteiger partial charge in [-0.2, -0.15) is 0 Å². The molecule has 0 saturated heterocycles. The molecular weight excluding hydrogens is 252 g/mol. The summed E-state index contributed by atoms with van der Waals surface area (Å²) in [5.41, 5.74) is 2.84. The first-order valence-electron chi connectivity index (χ1n) is 6.55. The highest BCUT2D eigenvalue weighted by Crippen LogP contribution is 2.29. The predicted molar refractivity (Wildman–Crippen MR) is 79.7 cm³/mol. The van der Waals surface area contributed by atoms with Crippen molar-refractivity contribution in [3.8, 4) is 11.1 Å². The van der Waals surface area contributed by atoms with E-state index in [1.54, 1.807) is 6.26 Å². The molecule has 0 saturated carbocycles. The Balaban J connectivity index is 1.84. The smallest absolute Gasteiger partial charge is 0.222 e. The molecule has 5 heteroatoms. The zero-order valence-electron chi connectivity index (χ0n) is 11.3. The van der Waals surface area contributed by atoms with Crippen LogP contribution in [0.1, 0.15) is 0 Å². The Hall–Kier alpha value is -2.40. The summed E-state index contributed by atoms with van der Waals surface area (Å²) in [5, 5.41) is 7.28. The minimum atomic E-state index is 0.636. The van der Waals surface area contributed by atoms with Gasteiger partial charge in [-0.1, -0.05) is 18.2 Å². The fourth-order valence-electron chi connectivity index (χ4n) is 2.06. The summed E-state index contributed by atoms with van der Waals surface area (Å²) in [6.45, 7) is 1.67. The van der Waals surface area contributed by atoms with E-state index in [1.165, 1.54) is 0 Å². The van der Waals surface area contributed by atoms with Gasteiger partial charge < -0.3 is 15.1 Å². The maximum Gasteiger partial charge on any atom is 0.222 e. The highest BCUT2D eigenvalue weighted by Gasteiger charge is 2.08. The Bertz CT molecular complexity index is 690. The first-order valence-corrected chi connectivity index (χ1v) is 6.55.